The number of pyridine rings is 1. The second kappa shape index (κ2) is 6.84. The first-order valence-corrected chi connectivity index (χ1v) is 8.37. The molecule has 0 spiro atoms. The van der Waals surface area contributed by atoms with Crippen LogP contribution in [-0.2, 0) is 4.79 Å². The first kappa shape index (κ1) is 16.1. The Kier molecular flexibility index (Phi) is 4.23. The van der Waals surface area contributed by atoms with Crippen molar-refractivity contribution in [3.05, 3.63) is 78.4 Å². The molecule has 0 unspecified atom stereocenters. The van der Waals surface area contributed by atoms with Gasteiger partial charge in [-0.25, -0.2) is 4.98 Å². The highest BCUT2D eigenvalue weighted by molar-refractivity contribution is 6.05. The average Bonchev–Trinajstić information content (AvgIpc) is 3.28. The smallest absolute Gasteiger partial charge is 0.256 e. The molecule has 4 rings (SSSR count). The molecule has 6 nitrogen and oxygen atoms in total. The number of furan rings is 1. The molecule has 1 aliphatic carbocycles. The molecule has 2 amide bonds. The van der Waals surface area contributed by atoms with Crippen molar-refractivity contribution in [3.63, 3.8) is 0 Å². The van der Waals surface area contributed by atoms with E-state index in [-0.39, 0.29) is 23.7 Å². The van der Waals surface area contributed by atoms with Crippen molar-refractivity contribution in [2.45, 2.75) is 12.3 Å². The second-order valence-corrected chi connectivity index (χ2v) is 6.20. The molecule has 2 heterocycles. The van der Waals surface area contributed by atoms with Crippen molar-refractivity contribution in [3.8, 4) is 0 Å². The monoisotopic (exact) mass is 347 g/mol. The number of nitrogens with one attached hydrogen (secondary N) is 2. The molecule has 6 heteroatoms. The summed E-state index contributed by atoms with van der Waals surface area (Å²) in [6, 6.07) is 15.8. The summed E-state index contributed by atoms with van der Waals surface area (Å²) in [5, 5.41) is 5.60. The Bertz CT molecular complexity index is 922. The van der Waals surface area contributed by atoms with Crippen LogP contribution in [0.2, 0.25) is 0 Å². The number of hydrogen-bond donors (Lipinski definition) is 2. The fourth-order valence-corrected chi connectivity index (χ4v) is 2.90. The fourth-order valence-electron chi connectivity index (χ4n) is 2.90. The van der Waals surface area contributed by atoms with Crippen LogP contribution in [0.5, 0.6) is 0 Å². The predicted octanol–water partition coefficient (Wildman–Crippen LogP) is 3.67. The molecule has 2 atom stereocenters. The Balaban J connectivity index is 1.40. The number of rotatable bonds is 5. The Labute approximate surface area is 150 Å². The Morgan fingerprint density at radius 1 is 1.04 bits per heavy atom. The van der Waals surface area contributed by atoms with Gasteiger partial charge in [0.25, 0.3) is 5.91 Å². The van der Waals surface area contributed by atoms with Crippen LogP contribution in [0.25, 0.3) is 0 Å². The van der Waals surface area contributed by atoms with Gasteiger partial charge in [0.2, 0.25) is 5.91 Å². The summed E-state index contributed by atoms with van der Waals surface area (Å²) in [7, 11) is 0. The highest BCUT2D eigenvalue weighted by Gasteiger charge is 2.45. The molecule has 0 aliphatic heterocycles. The summed E-state index contributed by atoms with van der Waals surface area (Å²) in [5.41, 5.74) is 1.04. The lowest BCUT2D eigenvalue weighted by Gasteiger charge is -2.08. The third kappa shape index (κ3) is 3.49. The highest BCUT2D eigenvalue weighted by atomic mass is 16.3. The third-order valence-corrected chi connectivity index (χ3v) is 4.33. The van der Waals surface area contributed by atoms with E-state index in [0.717, 1.165) is 12.2 Å². The maximum Gasteiger partial charge on any atom is 0.256 e. The maximum absolute atomic E-state index is 12.4. The Morgan fingerprint density at radius 3 is 2.73 bits per heavy atom. The van der Waals surface area contributed by atoms with Gasteiger partial charge in [0.05, 0.1) is 6.26 Å². The molecule has 130 valence electrons. The summed E-state index contributed by atoms with van der Waals surface area (Å²) in [5.74, 6) is 1.03. The molecular weight excluding hydrogens is 330 g/mol. The molecular formula is C20H17N3O3. The van der Waals surface area contributed by atoms with E-state index in [1.807, 2.05) is 12.1 Å². The lowest BCUT2D eigenvalue weighted by atomic mass is 10.1. The van der Waals surface area contributed by atoms with E-state index in [1.165, 1.54) is 0 Å². The van der Waals surface area contributed by atoms with Gasteiger partial charge >= 0.3 is 0 Å². The van der Waals surface area contributed by atoms with E-state index < -0.39 is 0 Å². The molecule has 0 saturated heterocycles. The first-order chi connectivity index (χ1) is 12.7. The molecule has 1 saturated carbocycles. The van der Waals surface area contributed by atoms with Gasteiger partial charge in [-0.3, -0.25) is 9.59 Å². The standard InChI is InChI=1S/C20H17N3O3/c24-19(23-18-8-1-2-9-21-18)13-5-3-6-14(11-13)22-20(25)16-12-15(16)17-7-4-10-26-17/h1-11,15-16H,12H2,(H,22,25)(H,21,23,24)/t15-,16+/m1/s1. The minimum absolute atomic E-state index is 0.0614. The van der Waals surface area contributed by atoms with Crippen LogP contribution in [0.1, 0.15) is 28.5 Å². The molecule has 1 aromatic carbocycles. The maximum atomic E-state index is 12.4. The van der Waals surface area contributed by atoms with Gasteiger partial charge < -0.3 is 15.1 Å². The van der Waals surface area contributed by atoms with Gasteiger partial charge in [-0.05, 0) is 48.9 Å². The van der Waals surface area contributed by atoms with Gasteiger partial charge in [-0.2, -0.15) is 0 Å². The van der Waals surface area contributed by atoms with Crippen molar-refractivity contribution in [1.29, 1.82) is 0 Å². The quantitative estimate of drug-likeness (QED) is 0.737. The van der Waals surface area contributed by atoms with Crippen LogP contribution in [0, 0.1) is 5.92 Å². The summed E-state index contributed by atoms with van der Waals surface area (Å²) in [6.45, 7) is 0. The van der Waals surface area contributed by atoms with Gasteiger partial charge in [0.1, 0.15) is 11.6 Å². The van der Waals surface area contributed by atoms with Crippen LogP contribution >= 0.6 is 0 Å². The molecule has 0 bridgehead atoms. The van der Waals surface area contributed by atoms with Crippen molar-refractivity contribution in [1.82, 2.24) is 4.98 Å². The molecule has 0 radical (unpaired) electrons. The van der Waals surface area contributed by atoms with Crippen LogP contribution in [-0.4, -0.2) is 16.8 Å². The topological polar surface area (TPSA) is 84.2 Å². The van der Waals surface area contributed by atoms with E-state index in [0.29, 0.717) is 17.1 Å². The Hall–Kier alpha value is -3.41. The van der Waals surface area contributed by atoms with Crippen molar-refractivity contribution < 1.29 is 14.0 Å². The highest BCUT2D eigenvalue weighted by Crippen LogP contribution is 2.48. The number of carbonyl (C=O) groups is 2. The molecule has 1 aliphatic rings. The average molecular weight is 347 g/mol. The lowest BCUT2D eigenvalue weighted by molar-refractivity contribution is -0.117. The first-order valence-electron chi connectivity index (χ1n) is 8.37. The third-order valence-electron chi connectivity index (χ3n) is 4.33. The van der Waals surface area contributed by atoms with E-state index >= 15 is 0 Å². The zero-order chi connectivity index (χ0) is 17.9. The normalized spacial score (nSPS) is 18.2. The molecule has 26 heavy (non-hydrogen) atoms. The van der Waals surface area contributed by atoms with Gasteiger partial charge in [-0.1, -0.05) is 12.1 Å². The van der Waals surface area contributed by atoms with Gasteiger partial charge in [0.15, 0.2) is 0 Å². The van der Waals surface area contributed by atoms with Gasteiger partial charge in [-0.15, -0.1) is 0 Å². The number of carbonyl (C=O) groups excluding carboxylic acids is 2. The summed E-state index contributed by atoms with van der Waals surface area (Å²) in [6.07, 6.45) is 4.00. The Morgan fingerprint density at radius 2 is 1.96 bits per heavy atom. The van der Waals surface area contributed by atoms with Crippen molar-refractivity contribution >= 4 is 23.3 Å². The van der Waals surface area contributed by atoms with E-state index in [9.17, 15) is 9.59 Å². The van der Waals surface area contributed by atoms with Gasteiger partial charge in [0, 0.05) is 29.3 Å². The van der Waals surface area contributed by atoms with E-state index in [1.54, 1.807) is 54.9 Å². The second-order valence-electron chi connectivity index (χ2n) is 6.20. The number of amides is 2. The number of anilines is 2. The predicted molar refractivity (Wildman–Crippen MR) is 96.8 cm³/mol. The van der Waals surface area contributed by atoms with E-state index in [2.05, 4.69) is 15.6 Å². The number of hydrogen-bond acceptors (Lipinski definition) is 4. The van der Waals surface area contributed by atoms with Crippen LogP contribution in [0.3, 0.4) is 0 Å². The molecule has 2 aromatic heterocycles. The van der Waals surface area contributed by atoms with Crippen LogP contribution in [0.4, 0.5) is 11.5 Å². The summed E-state index contributed by atoms with van der Waals surface area (Å²) < 4.78 is 5.36. The number of aromatic nitrogens is 1. The lowest BCUT2D eigenvalue weighted by Crippen LogP contribution is -2.16. The number of nitrogens with zero attached hydrogens (tertiary/aromatic N) is 1. The van der Waals surface area contributed by atoms with Crippen molar-refractivity contribution in [2.75, 3.05) is 10.6 Å². The van der Waals surface area contributed by atoms with Crippen LogP contribution in [0.15, 0.2) is 71.5 Å². The minimum atomic E-state index is -0.278. The largest absolute Gasteiger partial charge is 0.469 e. The molecule has 2 N–H and O–H groups in total. The molecule has 3 aromatic rings. The minimum Gasteiger partial charge on any atom is -0.469 e. The van der Waals surface area contributed by atoms with Crippen LogP contribution < -0.4 is 10.6 Å². The van der Waals surface area contributed by atoms with E-state index in [4.69, 9.17) is 4.42 Å². The SMILES string of the molecule is O=C(Nc1ccccn1)c1cccc(NC(=O)[C@H]2C[C@H]2c2ccco2)c1. The van der Waals surface area contributed by atoms with Crippen molar-refractivity contribution in [2.24, 2.45) is 5.92 Å². The number of benzene rings is 1. The zero-order valence-electron chi connectivity index (χ0n) is 13.9. The fraction of sp³-hybridized carbons (Fsp3) is 0.150. The zero-order valence-corrected chi connectivity index (χ0v) is 13.9. The summed E-state index contributed by atoms with van der Waals surface area (Å²) in [4.78, 5) is 28.8. The molecule has 1 fully saturated rings. The summed E-state index contributed by atoms with van der Waals surface area (Å²) >= 11 is 0.